The molecule has 1 aliphatic heterocycles. The lowest BCUT2D eigenvalue weighted by atomic mass is 10.7. The quantitative estimate of drug-likeness (QED) is 0.528. The Hall–Kier alpha value is -0.120. The Kier molecular flexibility index (Phi) is 1.62. The molecule has 1 rings (SSSR count). The molecular weight excluding hydrogens is 94.0 g/mol. The molecular formula is C4H9NO2. The van der Waals surface area contributed by atoms with Crippen molar-refractivity contribution in [2.24, 2.45) is 0 Å². The average molecular weight is 103 g/mol. The maximum Gasteiger partial charge on any atom is 0.220 e. The third kappa shape index (κ3) is 1.12. The van der Waals surface area contributed by atoms with Gasteiger partial charge < -0.3 is 9.47 Å². The van der Waals surface area contributed by atoms with Crippen molar-refractivity contribution in [2.45, 2.75) is 13.3 Å². The van der Waals surface area contributed by atoms with E-state index in [0.717, 1.165) is 6.54 Å². The lowest BCUT2D eigenvalue weighted by Gasteiger charge is -2.26. The first kappa shape index (κ1) is 5.03. The lowest BCUT2D eigenvalue weighted by Crippen LogP contribution is -2.43. The maximum absolute atomic E-state index is 4.84. The Bertz CT molecular complexity index is 53.7. The van der Waals surface area contributed by atoms with Gasteiger partial charge >= 0.3 is 0 Å². The molecule has 7 heavy (non-hydrogen) atoms. The van der Waals surface area contributed by atoms with Crippen molar-refractivity contribution in [3.63, 3.8) is 0 Å². The van der Waals surface area contributed by atoms with Crippen molar-refractivity contribution in [3.05, 3.63) is 0 Å². The standard InChI is InChI=1S/C4H9NO2/c1-2-5-4-6-3-7-4/h4-5H,2-3H2,1H3. The fourth-order valence-electron chi connectivity index (χ4n) is 0.421. The Morgan fingerprint density at radius 3 is 2.57 bits per heavy atom. The van der Waals surface area contributed by atoms with Gasteiger partial charge in [-0.3, -0.25) is 5.32 Å². The van der Waals surface area contributed by atoms with Crippen LogP contribution in [0.3, 0.4) is 0 Å². The number of rotatable bonds is 2. The summed E-state index contributed by atoms with van der Waals surface area (Å²) in [5.41, 5.74) is 0. The third-order valence-electron chi connectivity index (χ3n) is 0.810. The summed E-state index contributed by atoms with van der Waals surface area (Å²) < 4.78 is 9.68. The fraction of sp³-hybridized carbons (Fsp3) is 1.00. The summed E-state index contributed by atoms with van der Waals surface area (Å²) in [5.74, 6) is 0. The fourth-order valence-corrected chi connectivity index (χ4v) is 0.421. The predicted octanol–water partition coefficient (Wildman–Crippen LogP) is -0.116. The number of hydrogen-bond acceptors (Lipinski definition) is 3. The first-order valence-corrected chi connectivity index (χ1v) is 2.40. The van der Waals surface area contributed by atoms with Crippen LogP contribution in [0.5, 0.6) is 0 Å². The molecule has 0 radical (unpaired) electrons. The Morgan fingerprint density at radius 2 is 2.43 bits per heavy atom. The van der Waals surface area contributed by atoms with E-state index in [2.05, 4.69) is 5.32 Å². The molecule has 1 fully saturated rings. The minimum atomic E-state index is -0.120. The molecule has 0 aromatic heterocycles. The van der Waals surface area contributed by atoms with Crippen molar-refractivity contribution < 1.29 is 9.47 Å². The van der Waals surface area contributed by atoms with Crippen LogP contribution in [0.25, 0.3) is 0 Å². The molecule has 0 spiro atoms. The molecule has 3 heteroatoms. The smallest absolute Gasteiger partial charge is 0.220 e. The first-order valence-electron chi connectivity index (χ1n) is 2.40. The van der Waals surface area contributed by atoms with Gasteiger partial charge in [-0.2, -0.15) is 0 Å². The Balaban J connectivity index is 1.93. The van der Waals surface area contributed by atoms with Gasteiger partial charge in [0.25, 0.3) is 0 Å². The van der Waals surface area contributed by atoms with Crippen molar-refractivity contribution in [1.29, 1.82) is 0 Å². The molecule has 0 aromatic carbocycles. The number of nitrogens with one attached hydrogen (secondary N) is 1. The van der Waals surface area contributed by atoms with Crippen molar-refractivity contribution in [1.82, 2.24) is 5.32 Å². The van der Waals surface area contributed by atoms with Crippen LogP contribution in [-0.4, -0.2) is 19.8 Å². The molecule has 42 valence electrons. The molecule has 1 aliphatic rings. The van der Waals surface area contributed by atoms with E-state index in [1.165, 1.54) is 0 Å². The first-order chi connectivity index (χ1) is 3.43. The minimum Gasteiger partial charge on any atom is -0.313 e. The van der Waals surface area contributed by atoms with Gasteiger partial charge in [-0.15, -0.1) is 0 Å². The highest BCUT2D eigenvalue weighted by molar-refractivity contribution is 4.41. The van der Waals surface area contributed by atoms with Gasteiger partial charge in [0.05, 0.1) is 0 Å². The summed E-state index contributed by atoms with van der Waals surface area (Å²) >= 11 is 0. The number of ether oxygens (including phenoxy) is 2. The number of hydrogen-bond donors (Lipinski definition) is 1. The van der Waals surface area contributed by atoms with E-state index in [-0.39, 0.29) is 6.41 Å². The van der Waals surface area contributed by atoms with E-state index in [1.54, 1.807) is 0 Å². The van der Waals surface area contributed by atoms with E-state index in [0.29, 0.717) is 6.79 Å². The second-order valence-electron chi connectivity index (χ2n) is 1.34. The zero-order valence-electron chi connectivity index (χ0n) is 4.31. The summed E-state index contributed by atoms with van der Waals surface area (Å²) in [6, 6.07) is 0. The van der Waals surface area contributed by atoms with E-state index in [1.807, 2.05) is 6.92 Å². The Morgan fingerprint density at radius 1 is 1.71 bits per heavy atom. The molecule has 0 bridgehead atoms. The zero-order valence-corrected chi connectivity index (χ0v) is 4.31. The van der Waals surface area contributed by atoms with Crippen LogP contribution in [0.15, 0.2) is 0 Å². The van der Waals surface area contributed by atoms with E-state index >= 15 is 0 Å². The molecule has 1 heterocycles. The summed E-state index contributed by atoms with van der Waals surface area (Å²) in [4.78, 5) is 0. The molecule has 0 amide bonds. The maximum atomic E-state index is 4.84. The van der Waals surface area contributed by atoms with E-state index in [9.17, 15) is 0 Å². The van der Waals surface area contributed by atoms with Gasteiger partial charge in [-0.1, -0.05) is 6.92 Å². The van der Waals surface area contributed by atoms with E-state index in [4.69, 9.17) is 9.47 Å². The van der Waals surface area contributed by atoms with Crippen LogP contribution in [0, 0.1) is 0 Å². The third-order valence-corrected chi connectivity index (χ3v) is 0.810. The molecule has 1 N–H and O–H groups in total. The highest BCUT2D eigenvalue weighted by Crippen LogP contribution is 2.00. The van der Waals surface area contributed by atoms with Crippen LogP contribution in [0.2, 0.25) is 0 Å². The van der Waals surface area contributed by atoms with Gasteiger partial charge in [0.15, 0.2) is 6.79 Å². The SMILES string of the molecule is CCNC1OCO1. The predicted molar refractivity (Wildman–Crippen MR) is 24.5 cm³/mol. The summed E-state index contributed by atoms with van der Waals surface area (Å²) in [6.45, 7) is 3.34. The van der Waals surface area contributed by atoms with Gasteiger partial charge in [0, 0.05) is 0 Å². The van der Waals surface area contributed by atoms with Gasteiger partial charge in [-0.05, 0) is 6.54 Å². The van der Waals surface area contributed by atoms with Crippen LogP contribution >= 0.6 is 0 Å². The highest BCUT2D eigenvalue weighted by atomic mass is 16.9. The average Bonchev–Trinajstić information content (AvgIpc) is 1.55. The zero-order chi connectivity index (χ0) is 5.11. The summed E-state index contributed by atoms with van der Waals surface area (Å²) in [6.07, 6.45) is -0.120. The monoisotopic (exact) mass is 103 g/mol. The topological polar surface area (TPSA) is 30.5 Å². The van der Waals surface area contributed by atoms with Gasteiger partial charge in [0.2, 0.25) is 6.41 Å². The second kappa shape index (κ2) is 2.26. The molecule has 0 atom stereocenters. The van der Waals surface area contributed by atoms with Crippen LogP contribution in [0.1, 0.15) is 6.92 Å². The van der Waals surface area contributed by atoms with Crippen molar-refractivity contribution >= 4 is 0 Å². The van der Waals surface area contributed by atoms with Gasteiger partial charge in [-0.25, -0.2) is 0 Å². The van der Waals surface area contributed by atoms with Gasteiger partial charge in [0.1, 0.15) is 0 Å². The van der Waals surface area contributed by atoms with Crippen LogP contribution in [-0.2, 0) is 9.47 Å². The minimum absolute atomic E-state index is 0.120. The molecule has 0 unspecified atom stereocenters. The molecule has 3 nitrogen and oxygen atoms in total. The highest BCUT2D eigenvalue weighted by Gasteiger charge is 2.15. The molecule has 0 saturated carbocycles. The summed E-state index contributed by atoms with van der Waals surface area (Å²) in [5, 5.41) is 2.94. The lowest BCUT2D eigenvalue weighted by molar-refractivity contribution is -0.332. The van der Waals surface area contributed by atoms with Crippen molar-refractivity contribution in [3.8, 4) is 0 Å². The normalized spacial score (nSPS) is 21.9. The molecule has 0 aliphatic carbocycles. The van der Waals surface area contributed by atoms with Crippen LogP contribution < -0.4 is 5.32 Å². The largest absolute Gasteiger partial charge is 0.313 e. The summed E-state index contributed by atoms with van der Waals surface area (Å²) in [7, 11) is 0. The van der Waals surface area contributed by atoms with Crippen LogP contribution in [0.4, 0.5) is 0 Å². The molecule has 0 aromatic rings. The van der Waals surface area contributed by atoms with Crippen molar-refractivity contribution in [2.75, 3.05) is 13.3 Å². The second-order valence-corrected chi connectivity index (χ2v) is 1.34. The van der Waals surface area contributed by atoms with E-state index < -0.39 is 0 Å². The Labute approximate surface area is 42.6 Å². The molecule has 1 saturated heterocycles.